The maximum absolute atomic E-state index is 12.5. The average molecular weight is 431 g/mol. The lowest BCUT2D eigenvalue weighted by Gasteiger charge is -2.15. The number of amides is 1. The molecule has 1 unspecified atom stereocenters. The first-order chi connectivity index (χ1) is 15.0. The summed E-state index contributed by atoms with van der Waals surface area (Å²) >= 11 is 1.68. The first-order valence-electron chi connectivity index (χ1n) is 10.6. The summed E-state index contributed by atoms with van der Waals surface area (Å²) in [7, 11) is 0. The van der Waals surface area contributed by atoms with Gasteiger partial charge < -0.3 is 10.1 Å². The molecule has 5 heteroatoms. The Bertz CT molecular complexity index is 1180. The Labute approximate surface area is 186 Å². The van der Waals surface area contributed by atoms with Gasteiger partial charge in [-0.1, -0.05) is 31.5 Å². The second kappa shape index (κ2) is 9.31. The number of nitrogens with zero attached hydrogens (tertiary/aromatic N) is 1. The summed E-state index contributed by atoms with van der Waals surface area (Å²) in [5.74, 6) is 0.518. The third kappa shape index (κ3) is 5.12. The summed E-state index contributed by atoms with van der Waals surface area (Å²) < 4.78 is 6.98. The van der Waals surface area contributed by atoms with Crippen molar-refractivity contribution < 1.29 is 9.53 Å². The van der Waals surface area contributed by atoms with Crippen molar-refractivity contribution >= 4 is 33.1 Å². The van der Waals surface area contributed by atoms with Gasteiger partial charge in [0.15, 0.2) is 6.10 Å². The Hall–Kier alpha value is -3.18. The molecule has 0 fully saturated rings. The van der Waals surface area contributed by atoms with Crippen molar-refractivity contribution in [3.63, 3.8) is 0 Å². The van der Waals surface area contributed by atoms with Crippen LogP contribution in [0.2, 0.25) is 0 Å². The molecule has 0 aliphatic carbocycles. The van der Waals surface area contributed by atoms with Crippen molar-refractivity contribution in [2.24, 2.45) is 0 Å². The summed E-state index contributed by atoms with van der Waals surface area (Å²) in [6.07, 6.45) is 1.56. The standard InChI is InChI=1S/C26H26N2O2S/c1-4-5-19-7-13-22(14-8-19)30-18(3)25(29)27-21-11-9-20(10-12-21)26-28-23-15-6-17(2)16-24(23)31-26/h6-16,18H,4-5H2,1-3H3,(H,27,29). The molecule has 0 aliphatic rings. The van der Waals surface area contributed by atoms with Crippen LogP contribution in [-0.4, -0.2) is 17.0 Å². The van der Waals surface area contributed by atoms with Crippen molar-refractivity contribution in [1.82, 2.24) is 4.98 Å². The topological polar surface area (TPSA) is 51.2 Å². The van der Waals surface area contributed by atoms with E-state index in [0.717, 1.165) is 34.6 Å². The van der Waals surface area contributed by atoms with Gasteiger partial charge in [-0.2, -0.15) is 0 Å². The molecular weight excluding hydrogens is 404 g/mol. The van der Waals surface area contributed by atoms with E-state index in [1.807, 2.05) is 48.5 Å². The lowest BCUT2D eigenvalue weighted by molar-refractivity contribution is -0.122. The number of aromatic nitrogens is 1. The van der Waals surface area contributed by atoms with E-state index in [2.05, 4.69) is 37.4 Å². The Morgan fingerprint density at radius 2 is 1.81 bits per heavy atom. The lowest BCUT2D eigenvalue weighted by atomic mass is 10.1. The van der Waals surface area contributed by atoms with Gasteiger partial charge in [0.2, 0.25) is 0 Å². The fourth-order valence-corrected chi connectivity index (χ4v) is 4.45. The maximum Gasteiger partial charge on any atom is 0.265 e. The van der Waals surface area contributed by atoms with E-state index in [1.54, 1.807) is 18.3 Å². The molecule has 158 valence electrons. The molecule has 31 heavy (non-hydrogen) atoms. The van der Waals surface area contributed by atoms with Gasteiger partial charge in [-0.25, -0.2) is 4.98 Å². The molecule has 1 N–H and O–H groups in total. The summed E-state index contributed by atoms with van der Waals surface area (Å²) in [6.45, 7) is 6.00. The van der Waals surface area contributed by atoms with Gasteiger partial charge in [0, 0.05) is 11.3 Å². The monoisotopic (exact) mass is 430 g/mol. The molecule has 0 aliphatic heterocycles. The number of benzene rings is 3. The SMILES string of the molecule is CCCc1ccc(OC(C)C(=O)Nc2ccc(-c3nc4ccc(C)cc4s3)cc2)cc1. The highest BCUT2D eigenvalue weighted by Crippen LogP contribution is 2.31. The van der Waals surface area contributed by atoms with Gasteiger partial charge in [-0.3, -0.25) is 4.79 Å². The number of carbonyl (C=O) groups excluding carboxylic acids is 1. The number of hydrogen-bond acceptors (Lipinski definition) is 4. The molecule has 0 bridgehead atoms. The minimum absolute atomic E-state index is 0.180. The molecule has 1 aromatic heterocycles. The summed E-state index contributed by atoms with van der Waals surface area (Å²) in [4.78, 5) is 17.3. The van der Waals surface area contributed by atoms with Crippen molar-refractivity contribution in [3.8, 4) is 16.3 Å². The molecule has 1 atom stereocenters. The number of thiazole rings is 1. The van der Waals surface area contributed by atoms with Crippen molar-refractivity contribution in [2.75, 3.05) is 5.32 Å². The molecule has 1 amide bonds. The highest BCUT2D eigenvalue weighted by atomic mass is 32.1. The lowest BCUT2D eigenvalue weighted by Crippen LogP contribution is -2.30. The average Bonchev–Trinajstić information content (AvgIpc) is 3.19. The Morgan fingerprint density at radius 3 is 2.52 bits per heavy atom. The number of rotatable bonds is 7. The smallest absolute Gasteiger partial charge is 0.265 e. The molecule has 0 spiro atoms. The highest BCUT2D eigenvalue weighted by Gasteiger charge is 2.15. The van der Waals surface area contributed by atoms with E-state index >= 15 is 0 Å². The van der Waals surface area contributed by atoms with Gasteiger partial charge in [0.05, 0.1) is 10.2 Å². The number of aryl methyl sites for hydroxylation is 2. The molecule has 4 aromatic rings. The van der Waals surface area contributed by atoms with Gasteiger partial charge in [0.25, 0.3) is 5.91 Å². The van der Waals surface area contributed by atoms with E-state index in [4.69, 9.17) is 9.72 Å². The third-order valence-electron chi connectivity index (χ3n) is 5.09. The second-order valence-corrected chi connectivity index (χ2v) is 8.74. The number of ether oxygens (including phenoxy) is 1. The third-order valence-corrected chi connectivity index (χ3v) is 6.15. The molecule has 4 nitrogen and oxygen atoms in total. The van der Waals surface area contributed by atoms with E-state index in [1.165, 1.54) is 15.8 Å². The normalized spacial score (nSPS) is 12.0. The number of fused-ring (bicyclic) bond motifs is 1. The van der Waals surface area contributed by atoms with Crippen LogP contribution in [0.25, 0.3) is 20.8 Å². The van der Waals surface area contributed by atoms with Crippen LogP contribution >= 0.6 is 11.3 Å². The Kier molecular flexibility index (Phi) is 6.33. The van der Waals surface area contributed by atoms with E-state index in [0.29, 0.717) is 5.75 Å². The number of anilines is 1. The zero-order valence-corrected chi connectivity index (χ0v) is 18.8. The maximum atomic E-state index is 12.5. The minimum atomic E-state index is -0.593. The predicted molar refractivity (Wildman–Crippen MR) is 129 cm³/mol. The fraction of sp³-hybridized carbons (Fsp3) is 0.231. The predicted octanol–water partition coefficient (Wildman–Crippen LogP) is 6.63. The largest absolute Gasteiger partial charge is 0.481 e. The molecule has 0 radical (unpaired) electrons. The van der Waals surface area contributed by atoms with Crippen molar-refractivity contribution in [1.29, 1.82) is 0 Å². The van der Waals surface area contributed by atoms with E-state index < -0.39 is 6.10 Å². The van der Waals surface area contributed by atoms with Crippen LogP contribution in [0.5, 0.6) is 5.75 Å². The zero-order chi connectivity index (χ0) is 21.8. The van der Waals surface area contributed by atoms with Crippen LogP contribution < -0.4 is 10.1 Å². The Morgan fingerprint density at radius 1 is 1.06 bits per heavy atom. The van der Waals surface area contributed by atoms with Crippen LogP contribution in [0.15, 0.2) is 66.7 Å². The first-order valence-corrected chi connectivity index (χ1v) is 11.4. The van der Waals surface area contributed by atoms with Gasteiger partial charge >= 0.3 is 0 Å². The highest BCUT2D eigenvalue weighted by molar-refractivity contribution is 7.21. The molecule has 0 saturated heterocycles. The van der Waals surface area contributed by atoms with Crippen molar-refractivity contribution in [3.05, 3.63) is 77.9 Å². The van der Waals surface area contributed by atoms with E-state index in [-0.39, 0.29) is 5.91 Å². The van der Waals surface area contributed by atoms with Gasteiger partial charge in [-0.15, -0.1) is 11.3 Å². The summed E-state index contributed by atoms with van der Waals surface area (Å²) in [5.41, 5.74) is 5.29. The van der Waals surface area contributed by atoms with E-state index in [9.17, 15) is 4.79 Å². The summed E-state index contributed by atoms with van der Waals surface area (Å²) in [5, 5.41) is 3.90. The fourth-order valence-electron chi connectivity index (χ4n) is 3.38. The number of nitrogens with one attached hydrogen (secondary N) is 1. The second-order valence-electron chi connectivity index (χ2n) is 7.71. The molecule has 0 saturated carbocycles. The van der Waals surface area contributed by atoms with Crippen LogP contribution in [0.4, 0.5) is 5.69 Å². The van der Waals surface area contributed by atoms with Crippen LogP contribution in [-0.2, 0) is 11.2 Å². The van der Waals surface area contributed by atoms with Gasteiger partial charge in [-0.05, 0) is 79.9 Å². The van der Waals surface area contributed by atoms with Crippen LogP contribution in [0.1, 0.15) is 31.4 Å². The van der Waals surface area contributed by atoms with Crippen LogP contribution in [0.3, 0.4) is 0 Å². The van der Waals surface area contributed by atoms with Crippen molar-refractivity contribution in [2.45, 2.75) is 39.7 Å². The quantitative estimate of drug-likeness (QED) is 0.358. The van der Waals surface area contributed by atoms with Crippen LogP contribution in [0, 0.1) is 6.92 Å². The minimum Gasteiger partial charge on any atom is -0.481 e. The zero-order valence-electron chi connectivity index (χ0n) is 18.0. The molecule has 4 rings (SSSR count). The number of hydrogen-bond donors (Lipinski definition) is 1. The number of carbonyl (C=O) groups is 1. The molecular formula is C26H26N2O2S. The van der Waals surface area contributed by atoms with Gasteiger partial charge in [0.1, 0.15) is 10.8 Å². The molecule has 3 aromatic carbocycles. The first kappa shape index (κ1) is 21.1. The Balaban J connectivity index is 1.38. The summed E-state index contributed by atoms with van der Waals surface area (Å²) in [6, 6.07) is 22.0. The molecule has 1 heterocycles.